The Balaban J connectivity index is 1.76. The fraction of sp³-hybridized carbons (Fsp3) is 0.0625. The number of aromatic amines is 1. The molecule has 106 valence electrons. The number of nitrogen functional groups attached to an aromatic ring is 2. The van der Waals surface area contributed by atoms with Gasteiger partial charge < -0.3 is 16.8 Å². The van der Waals surface area contributed by atoms with Gasteiger partial charge in [-0.1, -0.05) is 24.8 Å². The van der Waals surface area contributed by atoms with E-state index >= 15 is 0 Å². The highest BCUT2D eigenvalue weighted by atomic mass is 15.1. The standard InChI is InChI=1S/C16H17N5/c1-10(19-9-11-3-2-4-13(17)7-11)12-5-6-15-14(8-12)16(18)21-20-15/h2-8,19H,1,9,17H2,(H3,18,20,21). The van der Waals surface area contributed by atoms with E-state index in [4.69, 9.17) is 11.5 Å². The predicted molar refractivity (Wildman–Crippen MR) is 87.2 cm³/mol. The minimum atomic E-state index is 0.496. The smallest absolute Gasteiger partial charge is 0.153 e. The number of nitrogens with zero attached hydrogens (tertiary/aromatic N) is 1. The third kappa shape index (κ3) is 2.67. The fourth-order valence-corrected chi connectivity index (χ4v) is 2.24. The summed E-state index contributed by atoms with van der Waals surface area (Å²) >= 11 is 0. The Kier molecular flexibility index (Phi) is 3.23. The van der Waals surface area contributed by atoms with Gasteiger partial charge in [0.15, 0.2) is 5.82 Å². The van der Waals surface area contributed by atoms with Gasteiger partial charge in [-0.15, -0.1) is 0 Å². The van der Waals surface area contributed by atoms with Crippen LogP contribution in [0, 0.1) is 0 Å². The van der Waals surface area contributed by atoms with Gasteiger partial charge in [-0.05, 0) is 35.4 Å². The van der Waals surface area contributed by atoms with E-state index < -0.39 is 0 Å². The van der Waals surface area contributed by atoms with Crippen molar-refractivity contribution in [2.75, 3.05) is 11.5 Å². The van der Waals surface area contributed by atoms with E-state index in [0.717, 1.165) is 33.4 Å². The molecule has 21 heavy (non-hydrogen) atoms. The Labute approximate surface area is 122 Å². The van der Waals surface area contributed by atoms with Crippen molar-refractivity contribution in [3.05, 3.63) is 60.2 Å². The number of benzene rings is 2. The Bertz CT molecular complexity index is 803. The van der Waals surface area contributed by atoms with Crippen molar-refractivity contribution >= 4 is 28.1 Å². The fourth-order valence-electron chi connectivity index (χ4n) is 2.24. The molecule has 0 aliphatic heterocycles. The van der Waals surface area contributed by atoms with Gasteiger partial charge >= 0.3 is 0 Å². The number of rotatable bonds is 4. The number of hydrogen-bond acceptors (Lipinski definition) is 4. The number of anilines is 2. The van der Waals surface area contributed by atoms with Crippen molar-refractivity contribution in [3.8, 4) is 0 Å². The van der Waals surface area contributed by atoms with Crippen LogP contribution in [0.25, 0.3) is 16.6 Å². The van der Waals surface area contributed by atoms with Crippen molar-refractivity contribution in [2.24, 2.45) is 0 Å². The van der Waals surface area contributed by atoms with Gasteiger partial charge in [-0.2, -0.15) is 5.10 Å². The minimum absolute atomic E-state index is 0.496. The predicted octanol–water partition coefficient (Wildman–Crippen LogP) is 2.49. The number of hydrogen-bond donors (Lipinski definition) is 4. The third-order valence-electron chi connectivity index (χ3n) is 3.40. The molecular formula is C16H17N5. The van der Waals surface area contributed by atoms with Gasteiger partial charge in [0, 0.05) is 23.3 Å². The van der Waals surface area contributed by atoms with Gasteiger partial charge in [0.25, 0.3) is 0 Å². The molecule has 0 aliphatic rings. The maximum Gasteiger partial charge on any atom is 0.153 e. The molecule has 0 spiro atoms. The molecule has 0 radical (unpaired) electrons. The van der Waals surface area contributed by atoms with Crippen LogP contribution in [0.4, 0.5) is 11.5 Å². The van der Waals surface area contributed by atoms with E-state index in [9.17, 15) is 0 Å². The number of nitrogens with two attached hydrogens (primary N) is 2. The molecule has 0 atom stereocenters. The van der Waals surface area contributed by atoms with Gasteiger partial charge in [0.1, 0.15) is 0 Å². The molecule has 5 heteroatoms. The normalized spacial score (nSPS) is 10.7. The second kappa shape index (κ2) is 5.20. The molecule has 2 aromatic carbocycles. The Morgan fingerprint density at radius 2 is 2.05 bits per heavy atom. The molecule has 0 saturated heterocycles. The lowest BCUT2D eigenvalue weighted by atomic mass is 10.1. The molecule has 0 aliphatic carbocycles. The molecule has 3 rings (SSSR count). The van der Waals surface area contributed by atoms with E-state index in [0.29, 0.717) is 12.4 Å². The van der Waals surface area contributed by atoms with Crippen LogP contribution in [0.1, 0.15) is 11.1 Å². The van der Waals surface area contributed by atoms with Crippen molar-refractivity contribution in [3.63, 3.8) is 0 Å². The summed E-state index contributed by atoms with van der Waals surface area (Å²) in [5.41, 5.74) is 16.2. The molecule has 6 N–H and O–H groups in total. The Hall–Kier alpha value is -2.95. The van der Waals surface area contributed by atoms with Gasteiger partial charge in [-0.3, -0.25) is 5.10 Å². The SMILES string of the molecule is C=C(NCc1cccc(N)c1)c1ccc2[nH]nc(N)c2c1. The average Bonchev–Trinajstić information content (AvgIpc) is 2.86. The van der Waals surface area contributed by atoms with Crippen LogP contribution in [0.5, 0.6) is 0 Å². The topological polar surface area (TPSA) is 92.7 Å². The summed E-state index contributed by atoms with van der Waals surface area (Å²) in [6, 6.07) is 13.7. The van der Waals surface area contributed by atoms with Gasteiger partial charge in [0.2, 0.25) is 0 Å². The maximum absolute atomic E-state index is 5.82. The zero-order valence-corrected chi connectivity index (χ0v) is 11.6. The maximum atomic E-state index is 5.82. The first-order valence-electron chi connectivity index (χ1n) is 6.64. The molecule has 1 heterocycles. The van der Waals surface area contributed by atoms with Crippen LogP contribution in [-0.4, -0.2) is 10.2 Å². The summed E-state index contributed by atoms with van der Waals surface area (Å²) < 4.78 is 0. The summed E-state index contributed by atoms with van der Waals surface area (Å²) in [5, 5.41) is 11.1. The van der Waals surface area contributed by atoms with Crippen molar-refractivity contribution in [1.82, 2.24) is 15.5 Å². The highest BCUT2D eigenvalue weighted by Crippen LogP contribution is 2.22. The second-order valence-electron chi connectivity index (χ2n) is 4.95. The molecule has 0 saturated carbocycles. The van der Waals surface area contributed by atoms with E-state index in [1.165, 1.54) is 0 Å². The number of aromatic nitrogens is 2. The zero-order valence-electron chi connectivity index (χ0n) is 11.6. The Morgan fingerprint density at radius 3 is 2.86 bits per heavy atom. The first-order chi connectivity index (χ1) is 10.1. The molecule has 0 bridgehead atoms. The highest BCUT2D eigenvalue weighted by molar-refractivity contribution is 5.91. The lowest BCUT2D eigenvalue weighted by molar-refractivity contribution is 0.892. The zero-order chi connectivity index (χ0) is 14.8. The van der Waals surface area contributed by atoms with E-state index in [1.54, 1.807) is 0 Å². The first kappa shape index (κ1) is 13.1. The first-order valence-corrected chi connectivity index (χ1v) is 6.64. The number of nitrogens with one attached hydrogen (secondary N) is 2. The summed E-state index contributed by atoms with van der Waals surface area (Å²) in [6.45, 7) is 4.74. The van der Waals surface area contributed by atoms with Crippen molar-refractivity contribution in [1.29, 1.82) is 0 Å². The van der Waals surface area contributed by atoms with Gasteiger partial charge in [0.05, 0.1) is 5.52 Å². The second-order valence-corrected chi connectivity index (χ2v) is 4.95. The average molecular weight is 279 g/mol. The quantitative estimate of drug-likeness (QED) is 0.552. The molecule has 0 amide bonds. The molecule has 0 fully saturated rings. The largest absolute Gasteiger partial charge is 0.399 e. The van der Waals surface area contributed by atoms with Crippen LogP contribution in [0.15, 0.2) is 49.0 Å². The van der Waals surface area contributed by atoms with Gasteiger partial charge in [-0.25, -0.2) is 0 Å². The van der Waals surface area contributed by atoms with Crippen LogP contribution in [0.2, 0.25) is 0 Å². The summed E-state index contributed by atoms with van der Waals surface area (Å²) in [5.74, 6) is 0.496. The molecular weight excluding hydrogens is 262 g/mol. The summed E-state index contributed by atoms with van der Waals surface area (Å²) in [6.07, 6.45) is 0. The molecule has 0 unspecified atom stereocenters. The summed E-state index contributed by atoms with van der Waals surface area (Å²) in [4.78, 5) is 0. The highest BCUT2D eigenvalue weighted by Gasteiger charge is 2.05. The van der Waals surface area contributed by atoms with E-state index in [-0.39, 0.29) is 0 Å². The van der Waals surface area contributed by atoms with E-state index in [2.05, 4.69) is 22.1 Å². The lowest BCUT2D eigenvalue weighted by Crippen LogP contribution is -2.11. The van der Waals surface area contributed by atoms with Crippen LogP contribution < -0.4 is 16.8 Å². The lowest BCUT2D eigenvalue weighted by Gasteiger charge is -2.10. The van der Waals surface area contributed by atoms with Crippen LogP contribution in [0.3, 0.4) is 0 Å². The summed E-state index contributed by atoms with van der Waals surface area (Å²) in [7, 11) is 0. The number of fused-ring (bicyclic) bond motifs is 1. The third-order valence-corrected chi connectivity index (χ3v) is 3.40. The van der Waals surface area contributed by atoms with Crippen molar-refractivity contribution < 1.29 is 0 Å². The van der Waals surface area contributed by atoms with Crippen LogP contribution >= 0.6 is 0 Å². The monoisotopic (exact) mass is 279 g/mol. The molecule has 3 aromatic rings. The molecule has 5 nitrogen and oxygen atoms in total. The molecule has 1 aromatic heterocycles. The minimum Gasteiger partial charge on any atom is -0.399 e. The van der Waals surface area contributed by atoms with Crippen LogP contribution in [-0.2, 0) is 6.54 Å². The number of H-pyrrole nitrogens is 1. The van der Waals surface area contributed by atoms with E-state index in [1.807, 2.05) is 42.5 Å². The van der Waals surface area contributed by atoms with Crippen molar-refractivity contribution in [2.45, 2.75) is 6.54 Å². The Morgan fingerprint density at radius 1 is 1.19 bits per heavy atom.